The molecule has 0 fully saturated rings. The molecule has 0 bridgehead atoms. The van der Waals surface area contributed by atoms with Gasteiger partial charge in [-0.1, -0.05) is 18.2 Å². The van der Waals surface area contributed by atoms with Gasteiger partial charge in [0.25, 0.3) is 5.91 Å². The number of thiophene rings is 1. The van der Waals surface area contributed by atoms with E-state index in [1.54, 1.807) is 17.4 Å². The summed E-state index contributed by atoms with van der Waals surface area (Å²) in [5, 5.41) is 4.91. The Morgan fingerprint density at radius 2 is 2.04 bits per heavy atom. The van der Waals surface area contributed by atoms with E-state index >= 15 is 0 Å². The number of benzene rings is 1. The third-order valence-corrected chi connectivity index (χ3v) is 4.49. The van der Waals surface area contributed by atoms with Crippen LogP contribution < -0.4 is 10.1 Å². The zero-order chi connectivity index (χ0) is 16.1. The molecule has 0 atom stereocenters. The van der Waals surface area contributed by atoms with Crippen molar-refractivity contribution in [3.8, 4) is 5.75 Å². The molecular weight excluding hydrogens is 310 g/mol. The molecule has 1 N–H and O–H groups in total. The van der Waals surface area contributed by atoms with Crippen LogP contribution in [0.3, 0.4) is 0 Å². The Morgan fingerprint density at radius 3 is 2.78 bits per heavy atom. The Hall–Kier alpha value is -2.53. The molecule has 0 radical (unpaired) electrons. The summed E-state index contributed by atoms with van der Waals surface area (Å²) in [6.07, 6.45) is 1.51. The zero-order valence-corrected chi connectivity index (χ0v) is 13.6. The number of rotatable bonds is 6. The molecule has 118 valence electrons. The van der Waals surface area contributed by atoms with Gasteiger partial charge in [0.05, 0.1) is 12.8 Å². The molecule has 3 aromatic rings. The number of carbonyl (C=O) groups excluding carboxylic acids is 1. The van der Waals surface area contributed by atoms with Crippen LogP contribution in [0.1, 0.15) is 26.6 Å². The van der Waals surface area contributed by atoms with Crippen molar-refractivity contribution in [2.45, 2.75) is 20.1 Å². The van der Waals surface area contributed by atoms with Crippen molar-refractivity contribution in [3.63, 3.8) is 0 Å². The van der Waals surface area contributed by atoms with E-state index in [1.807, 2.05) is 48.7 Å². The predicted octanol–water partition coefficient (Wildman–Crippen LogP) is 4.16. The van der Waals surface area contributed by atoms with Gasteiger partial charge in [-0.15, -0.1) is 11.3 Å². The summed E-state index contributed by atoms with van der Waals surface area (Å²) in [6, 6.07) is 13.3. The van der Waals surface area contributed by atoms with Crippen LogP contribution in [-0.4, -0.2) is 5.91 Å². The second kappa shape index (κ2) is 7.15. The van der Waals surface area contributed by atoms with Crippen molar-refractivity contribution in [2.24, 2.45) is 0 Å². The van der Waals surface area contributed by atoms with Crippen LogP contribution in [0.4, 0.5) is 0 Å². The van der Waals surface area contributed by atoms with E-state index in [2.05, 4.69) is 5.32 Å². The zero-order valence-electron chi connectivity index (χ0n) is 12.7. The van der Waals surface area contributed by atoms with E-state index < -0.39 is 0 Å². The molecule has 0 spiro atoms. The molecule has 2 heterocycles. The first kappa shape index (κ1) is 15.4. The van der Waals surface area contributed by atoms with Gasteiger partial charge in [0.1, 0.15) is 12.4 Å². The lowest BCUT2D eigenvalue weighted by Crippen LogP contribution is -2.23. The van der Waals surface area contributed by atoms with Crippen molar-refractivity contribution in [1.82, 2.24) is 5.32 Å². The minimum Gasteiger partial charge on any atom is -0.489 e. The van der Waals surface area contributed by atoms with Gasteiger partial charge in [-0.2, -0.15) is 0 Å². The summed E-state index contributed by atoms with van der Waals surface area (Å²) >= 11 is 1.63. The molecule has 0 aliphatic heterocycles. The van der Waals surface area contributed by atoms with E-state index in [4.69, 9.17) is 9.15 Å². The molecule has 2 aromatic heterocycles. The minimum absolute atomic E-state index is 0.227. The first-order chi connectivity index (χ1) is 11.2. The fraction of sp³-hybridized carbons (Fsp3) is 0.167. The standard InChI is InChI=1S/C18H17NO3S/c1-13-8-10-23-16(13)11-19-18(20)17-14(7-9-21-17)12-22-15-5-3-2-4-6-15/h2-10H,11-12H2,1H3,(H,19,20). The molecule has 0 aliphatic carbocycles. The highest BCUT2D eigenvalue weighted by Crippen LogP contribution is 2.17. The topological polar surface area (TPSA) is 51.5 Å². The third kappa shape index (κ3) is 3.81. The van der Waals surface area contributed by atoms with Gasteiger partial charge in [0.2, 0.25) is 0 Å². The number of ether oxygens (including phenoxy) is 1. The Kier molecular flexibility index (Phi) is 4.78. The lowest BCUT2D eigenvalue weighted by Gasteiger charge is -2.07. The highest BCUT2D eigenvalue weighted by atomic mass is 32.1. The number of hydrogen-bond acceptors (Lipinski definition) is 4. The summed E-state index contributed by atoms with van der Waals surface area (Å²) in [6.45, 7) is 2.83. The maximum absolute atomic E-state index is 12.3. The molecule has 0 saturated heterocycles. The molecule has 4 nitrogen and oxygen atoms in total. The summed E-state index contributed by atoms with van der Waals surface area (Å²) in [5.41, 5.74) is 1.91. The molecule has 3 rings (SSSR count). The SMILES string of the molecule is Cc1ccsc1CNC(=O)c1occc1COc1ccccc1. The fourth-order valence-corrected chi connectivity index (χ4v) is 3.00. The van der Waals surface area contributed by atoms with Crippen LogP contribution in [0, 0.1) is 6.92 Å². The van der Waals surface area contributed by atoms with Crippen LogP contribution in [-0.2, 0) is 13.2 Å². The first-order valence-electron chi connectivity index (χ1n) is 7.29. The second-order valence-corrected chi connectivity index (χ2v) is 6.09. The van der Waals surface area contributed by atoms with E-state index in [0.29, 0.717) is 18.9 Å². The second-order valence-electron chi connectivity index (χ2n) is 5.09. The van der Waals surface area contributed by atoms with Crippen LogP contribution in [0.15, 0.2) is 58.5 Å². The van der Waals surface area contributed by atoms with Crippen molar-refractivity contribution >= 4 is 17.2 Å². The van der Waals surface area contributed by atoms with Gasteiger partial charge in [-0.3, -0.25) is 4.79 Å². The monoisotopic (exact) mass is 327 g/mol. The summed E-state index contributed by atoms with van der Waals surface area (Å²) < 4.78 is 11.0. The number of aryl methyl sites for hydroxylation is 1. The van der Waals surface area contributed by atoms with Gasteiger partial charge >= 0.3 is 0 Å². The molecular formula is C18H17NO3S. The Labute approximate surface area is 138 Å². The van der Waals surface area contributed by atoms with Gasteiger partial charge < -0.3 is 14.5 Å². The van der Waals surface area contributed by atoms with E-state index in [-0.39, 0.29) is 5.91 Å². The summed E-state index contributed by atoms with van der Waals surface area (Å²) in [5.74, 6) is 0.832. The van der Waals surface area contributed by atoms with Crippen molar-refractivity contribution < 1.29 is 13.9 Å². The number of para-hydroxylation sites is 1. The number of amides is 1. The maximum atomic E-state index is 12.3. The number of carbonyl (C=O) groups is 1. The first-order valence-corrected chi connectivity index (χ1v) is 8.17. The van der Waals surface area contributed by atoms with Crippen LogP contribution in [0.2, 0.25) is 0 Å². The largest absolute Gasteiger partial charge is 0.489 e. The van der Waals surface area contributed by atoms with Crippen molar-refractivity contribution in [3.05, 3.63) is 75.9 Å². The van der Waals surface area contributed by atoms with Crippen molar-refractivity contribution in [2.75, 3.05) is 0 Å². The average molecular weight is 327 g/mol. The van der Waals surface area contributed by atoms with Crippen LogP contribution in [0.25, 0.3) is 0 Å². The quantitative estimate of drug-likeness (QED) is 0.739. The molecule has 23 heavy (non-hydrogen) atoms. The molecule has 0 aliphatic rings. The highest BCUT2D eigenvalue weighted by molar-refractivity contribution is 7.10. The van der Waals surface area contributed by atoms with E-state index in [0.717, 1.165) is 16.2 Å². The third-order valence-electron chi connectivity index (χ3n) is 3.47. The smallest absolute Gasteiger partial charge is 0.287 e. The maximum Gasteiger partial charge on any atom is 0.287 e. The normalized spacial score (nSPS) is 10.5. The number of hydrogen-bond donors (Lipinski definition) is 1. The molecule has 0 saturated carbocycles. The van der Waals surface area contributed by atoms with Gasteiger partial charge in [0, 0.05) is 10.4 Å². The number of furan rings is 1. The molecule has 1 amide bonds. The van der Waals surface area contributed by atoms with E-state index in [9.17, 15) is 4.79 Å². The van der Waals surface area contributed by atoms with Crippen LogP contribution in [0.5, 0.6) is 5.75 Å². The molecule has 5 heteroatoms. The fourth-order valence-electron chi connectivity index (χ4n) is 2.15. The highest BCUT2D eigenvalue weighted by Gasteiger charge is 2.16. The van der Waals surface area contributed by atoms with Gasteiger partial charge in [-0.05, 0) is 42.1 Å². The van der Waals surface area contributed by atoms with Crippen molar-refractivity contribution in [1.29, 1.82) is 0 Å². The Balaban J connectivity index is 1.61. The average Bonchev–Trinajstić information content (AvgIpc) is 3.20. The summed E-state index contributed by atoms with van der Waals surface area (Å²) in [7, 11) is 0. The minimum atomic E-state index is -0.227. The lowest BCUT2D eigenvalue weighted by molar-refractivity contribution is 0.0920. The Morgan fingerprint density at radius 1 is 1.22 bits per heavy atom. The predicted molar refractivity (Wildman–Crippen MR) is 89.7 cm³/mol. The number of nitrogens with one attached hydrogen (secondary N) is 1. The van der Waals surface area contributed by atoms with E-state index in [1.165, 1.54) is 11.8 Å². The molecule has 1 aromatic carbocycles. The molecule has 0 unspecified atom stereocenters. The lowest BCUT2D eigenvalue weighted by atomic mass is 10.2. The Bertz CT molecular complexity index is 776. The van der Waals surface area contributed by atoms with Gasteiger partial charge in [-0.25, -0.2) is 0 Å². The summed E-state index contributed by atoms with van der Waals surface area (Å²) in [4.78, 5) is 13.4. The van der Waals surface area contributed by atoms with Gasteiger partial charge in [0.15, 0.2) is 5.76 Å². The van der Waals surface area contributed by atoms with Crippen LogP contribution >= 0.6 is 11.3 Å².